The Morgan fingerprint density at radius 3 is 2.48 bits per heavy atom. The van der Waals surface area contributed by atoms with Crippen LogP contribution in [0.5, 0.6) is 0 Å². The molecule has 0 aliphatic heterocycles. The van der Waals surface area contributed by atoms with E-state index in [9.17, 15) is 8.42 Å². The maximum atomic E-state index is 12.3. The summed E-state index contributed by atoms with van der Waals surface area (Å²) in [7, 11) is -3.61. The summed E-state index contributed by atoms with van der Waals surface area (Å²) in [5, 5.41) is 0. The Morgan fingerprint density at radius 1 is 1.29 bits per heavy atom. The Balaban J connectivity index is 2.20. The van der Waals surface area contributed by atoms with Gasteiger partial charge in [-0.2, -0.15) is 0 Å². The first-order chi connectivity index (χ1) is 9.90. The SMILES string of the molecule is CC(NS(=O)(=O)c1ccc(C(N)=S)cc1)c1cccnc1. The molecule has 3 N–H and O–H groups in total. The second-order valence-corrected chi connectivity index (χ2v) is 6.67. The predicted octanol–water partition coefficient (Wildman–Crippen LogP) is 1.76. The number of aromatic nitrogens is 1. The molecule has 21 heavy (non-hydrogen) atoms. The second kappa shape index (κ2) is 6.30. The Bertz CT molecular complexity index is 729. The molecule has 1 aromatic carbocycles. The van der Waals surface area contributed by atoms with Crippen LogP contribution in [0.15, 0.2) is 53.7 Å². The lowest BCUT2D eigenvalue weighted by Crippen LogP contribution is -2.27. The van der Waals surface area contributed by atoms with E-state index in [1.165, 1.54) is 12.1 Å². The van der Waals surface area contributed by atoms with Crippen LogP contribution >= 0.6 is 12.2 Å². The molecule has 5 nitrogen and oxygen atoms in total. The fraction of sp³-hybridized carbons (Fsp3) is 0.143. The van der Waals surface area contributed by atoms with Crippen molar-refractivity contribution in [2.75, 3.05) is 0 Å². The van der Waals surface area contributed by atoms with E-state index in [-0.39, 0.29) is 15.9 Å². The molecule has 7 heteroatoms. The van der Waals surface area contributed by atoms with Gasteiger partial charge in [0.05, 0.1) is 4.90 Å². The van der Waals surface area contributed by atoms with Crippen molar-refractivity contribution in [1.29, 1.82) is 0 Å². The zero-order valence-corrected chi connectivity index (χ0v) is 13.0. The van der Waals surface area contributed by atoms with Gasteiger partial charge in [-0.05, 0) is 30.7 Å². The van der Waals surface area contributed by atoms with Crippen LogP contribution in [0.3, 0.4) is 0 Å². The maximum absolute atomic E-state index is 12.3. The first-order valence-electron chi connectivity index (χ1n) is 6.22. The molecule has 1 atom stereocenters. The summed E-state index contributed by atoms with van der Waals surface area (Å²) in [5.74, 6) is 0. The lowest BCUT2D eigenvalue weighted by atomic mass is 10.2. The predicted molar refractivity (Wildman–Crippen MR) is 85.3 cm³/mol. The molecule has 0 radical (unpaired) electrons. The first-order valence-corrected chi connectivity index (χ1v) is 8.11. The average molecular weight is 321 g/mol. The normalized spacial score (nSPS) is 12.8. The molecule has 1 unspecified atom stereocenters. The van der Waals surface area contributed by atoms with Crippen LogP contribution in [0.2, 0.25) is 0 Å². The number of sulfonamides is 1. The molecule has 0 aliphatic carbocycles. The molecule has 0 saturated carbocycles. The molecule has 0 saturated heterocycles. The van der Waals surface area contributed by atoms with Gasteiger partial charge in [-0.1, -0.05) is 30.4 Å². The Kier molecular flexibility index (Phi) is 4.66. The van der Waals surface area contributed by atoms with E-state index >= 15 is 0 Å². The zero-order chi connectivity index (χ0) is 15.5. The molecule has 0 spiro atoms. The van der Waals surface area contributed by atoms with Gasteiger partial charge in [0.2, 0.25) is 10.0 Å². The number of pyridine rings is 1. The molecule has 0 fully saturated rings. The quantitative estimate of drug-likeness (QED) is 0.820. The van der Waals surface area contributed by atoms with Gasteiger partial charge in [-0.3, -0.25) is 4.98 Å². The monoisotopic (exact) mass is 321 g/mol. The fourth-order valence-electron chi connectivity index (χ4n) is 1.80. The van der Waals surface area contributed by atoms with Gasteiger partial charge in [0.15, 0.2) is 0 Å². The molecule has 2 aromatic rings. The highest BCUT2D eigenvalue weighted by atomic mass is 32.2. The van der Waals surface area contributed by atoms with E-state index in [0.29, 0.717) is 5.56 Å². The van der Waals surface area contributed by atoms with Gasteiger partial charge >= 0.3 is 0 Å². The largest absolute Gasteiger partial charge is 0.389 e. The van der Waals surface area contributed by atoms with Crippen molar-refractivity contribution in [2.24, 2.45) is 5.73 Å². The van der Waals surface area contributed by atoms with Crippen LogP contribution in [-0.4, -0.2) is 18.4 Å². The highest BCUT2D eigenvalue weighted by Crippen LogP contribution is 2.16. The standard InChI is InChI=1S/C14H15N3O2S2/c1-10(12-3-2-8-16-9-12)17-21(18,19)13-6-4-11(5-7-13)14(15)20/h2-10,17H,1H3,(H2,15,20). The van der Waals surface area contributed by atoms with Crippen LogP contribution in [0.1, 0.15) is 24.1 Å². The van der Waals surface area contributed by atoms with Gasteiger partial charge in [0.25, 0.3) is 0 Å². The van der Waals surface area contributed by atoms with E-state index in [2.05, 4.69) is 9.71 Å². The van der Waals surface area contributed by atoms with Crippen LogP contribution in [0.4, 0.5) is 0 Å². The molecular formula is C14H15N3O2S2. The number of nitrogens with zero attached hydrogens (tertiary/aromatic N) is 1. The van der Waals surface area contributed by atoms with E-state index in [1.807, 2.05) is 6.07 Å². The molecule has 0 aliphatic rings. The van der Waals surface area contributed by atoms with Crippen molar-refractivity contribution >= 4 is 27.2 Å². The van der Waals surface area contributed by atoms with Gasteiger partial charge in [0, 0.05) is 24.0 Å². The molecule has 110 valence electrons. The molecule has 0 amide bonds. The second-order valence-electron chi connectivity index (χ2n) is 4.52. The van der Waals surface area contributed by atoms with Crippen molar-refractivity contribution in [3.8, 4) is 0 Å². The van der Waals surface area contributed by atoms with Gasteiger partial charge in [-0.15, -0.1) is 0 Å². The third kappa shape index (κ3) is 3.84. The minimum atomic E-state index is -3.61. The summed E-state index contributed by atoms with van der Waals surface area (Å²) in [6.45, 7) is 1.76. The van der Waals surface area contributed by atoms with E-state index in [0.717, 1.165) is 5.56 Å². The number of thiocarbonyl (C=S) groups is 1. The van der Waals surface area contributed by atoms with Crippen LogP contribution in [0, 0.1) is 0 Å². The molecule has 1 aromatic heterocycles. The number of nitrogens with two attached hydrogens (primary N) is 1. The van der Waals surface area contributed by atoms with Crippen LogP contribution in [0.25, 0.3) is 0 Å². The lowest BCUT2D eigenvalue weighted by molar-refractivity contribution is 0.566. The number of benzene rings is 1. The van der Waals surface area contributed by atoms with Gasteiger partial charge < -0.3 is 5.73 Å². The molecule has 2 rings (SSSR count). The number of nitrogens with one attached hydrogen (secondary N) is 1. The zero-order valence-electron chi connectivity index (χ0n) is 11.4. The average Bonchev–Trinajstić information content (AvgIpc) is 2.48. The van der Waals surface area contributed by atoms with Crippen molar-refractivity contribution in [1.82, 2.24) is 9.71 Å². The van der Waals surface area contributed by atoms with Crippen LogP contribution in [-0.2, 0) is 10.0 Å². The Hall–Kier alpha value is -1.83. The van der Waals surface area contributed by atoms with Gasteiger partial charge in [-0.25, -0.2) is 13.1 Å². The van der Waals surface area contributed by atoms with Crippen molar-refractivity contribution in [3.63, 3.8) is 0 Å². The van der Waals surface area contributed by atoms with Gasteiger partial charge in [0.1, 0.15) is 4.99 Å². The summed E-state index contributed by atoms with van der Waals surface area (Å²) >= 11 is 4.84. The number of hydrogen-bond acceptors (Lipinski definition) is 4. The first kappa shape index (κ1) is 15.6. The number of rotatable bonds is 5. The van der Waals surface area contributed by atoms with Crippen molar-refractivity contribution < 1.29 is 8.42 Å². The minimum absolute atomic E-state index is 0.165. The Morgan fingerprint density at radius 2 is 1.95 bits per heavy atom. The number of hydrogen-bond donors (Lipinski definition) is 2. The third-order valence-electron chi connectivity index (χ3n) is 2.97. The Labute approximate surface area is 129 Å². The summed E-state index contributed by atoms with van der Waals surface area (Å²) in [4.78, 5) is 4.37. The van der Waals surface area contributed by atoms with E-state index in [4.69, 9.17) is 18.0 Å². The topological polar surface area (TPSA) is 85.1 Å². The third-order valence-corrected chi connectivity index (χ3v) is 4.76. The van der Waals surface area contributed by atoms with E-state index in [1.54, 1.807) is 37.5 Å². The molecule has 0 bridgehead atoms. The summed E-state index contributed by atoms with van der Waals surface area (Å²) in [5.41, 5.74) is 6.91. The molecular weight excluding hydrogens is 306 g/mol. The smallest absolute Gasteiger partial charge is 0.241 e. The summed E-state index contributed by atoms with van der Waals surface area (Å²) < 4.78 is 27.2. The lowest BCUT2D eigenvalue weighted by Gasteiger charge is -2.14. The van der Waals surface area contributed by atoms with Crippen LogP contribution < -0.4 is 10.5 Å². The summed E-state index contributed by atoms with van der Waals surface area (Å²) in [6, 6.07) is 9.34. The van der Waals surface area contributed by atoms with Crippen molar-refractivity contribution in [2.45, 2.75) is 17.9 Å². The minimum Gasteiger partial charge on any atom is -0.389 e. The fourth-order valence-corrected chi connectivity index (χ4v) is 3.17. The summed E-state index contributed by atoms with van der Waals surface area (Å²) in [6.07, 6.45) is 3.27. The highest BCUT2D eigenvalue weighted by molar-refractivity contribution is 7.89. The van der Waals surface area contributed by atoms with Crippen molar-refractivity contribution in [3.05, 3.63) is 59.9 Å². The van der Waals surface area contributed by atoms with E-state index < -0.39 is 10.0 Å². The molecule has 1 heterocycles. The highest BCUT2D eigenvalue weighted by Gasteiger charge is 2.18. The maximum Gasteiger partial charge on any atom is 0.241 e.